The lowest BCUT2D eigenvalue weighted by Crippen LogP contribution is -2.26. The van der Waals surface area contributed by atoms with Crippen LogP contribution in [0.25, 0.3) is 0 Å². The fourth-order valence-electron chi connectivity index (χ4n) is 2.62. The third-order valence-corrected chi connectivity index (χ3v) is 5.07. The van der Waals surface area contributed by atoms with Gasteiger partial charge in [0, 0.05) is 0 Å². The van der Waals surface area contributed by atoms with Gasteiger partial charge in [0.15, 0.2) is 16.7 Å². The van der Waals surface area contributed by atoms with E-state index in [1.807, 2.05) is 43.3 Å². The van der Waals surface area contributed by atoms with Gasteiger partial charge in [0.05, 0.1) is 19.2 Å². The highest BCUT2D eigenvalue weighted by atomic mass is 32.2. The van der Waals surface area contributed by atoms with Gasteiger partial charge in [-0.05, 0) is 36.2 Å². The molecule has 2 aromatic rings. The highest BCUT2D eigenvalue weighted by Gasteiger charge is 2.32. The number of aliphatic carboxylic acids is 1. The molecule has 0 aromatic heterocycles. The predicted octanol–water partition coefficient (Wildman–Crippen LogP) is 3.06. The Morgan fingerprint density at radius 2 is 2.00 bits per heavy atom. The van der Waals surface area contributed by atoms with E-state index in [4.69, 9.17) is 14.6 Å². The molecule has 1 fully saturated rings. The second-order valence-corrected chi connectivity index (χ2v) is 7.45. The van der Waals surface area contributed by atoms with Gasteiger partial charge in [-0.15, -0.1) is 5.10 Å². The van der Waals surface area contributed by atoms with Gasteiger partial charge >= 0.3 is 5.97 Å². The highest BCUT2D eigenvalue weighted by Crippen LogP contribution is 2.29. The molecule has 0 aliphatic carbocycles. The molecule has 156 valence electrons. The van der Waals surface area contributed by atoms with Crippen molar-refractivity contribution in [2.24, 2.45) is 10.2 Å². The largest absolute Gasteiger partial charge is 0.490 e. The topological polar surface area (TPSA) is 110 Å². The van der Waals surface area contributed by atoms with Gasteiger partial charge in [-0.3, -0.25) is 9.59 Å². The van der Waals surface area contributed by atoms with E-state index < -0.39 is 11.2 Å². The van der Waals surface area contributed by atoms with Crippen molar-refractivity contribution in [1.29, 1.82) is 0 Å². The number of carboxylic acid groups (broad SMARTS) is 1. The van der Waals surface area contributed by atoms with Crippen LogP contribution >= 0.6 is 11.8 Å². The second-order valence-electron chi connectivity index (χ2n) is 6.26. The maximum Gasteiger partial charge on any atom is 0.305 e. The number of ether oxygens (including phenoxy) is 2. The lowest BCUT2D eigenvalue weighted by molar-refractivity contribution is -0.138. The third-order valence-electron chi connectivity index (χ3n) is 4.00. The van der Waals surface area contributed by atoms with Crippen molar-refractivity contribution in [1.82, 2.24) is 5.32 Å². The monoisotopic (exact) mass is 427 g/mol. The Morgan fingerprint density at radius 3 is 2.73 bits per heavy atom. The number of thioether (sulfide) groups is 1. The summed E-state index contributed by atoms with van der Waals surface area (Å²) in [6, 6.07) is 15.3. The zero-order valence-electron chi connectivity index (χ0n) is 16.3. The molecular formula is C21H21N3O5S. The van der Waals surface area contributed by atoms with Crippen molar-refractivity contribution in [3.63, 3.8) is 0 Å². The lowest BCUT2D eigenvalue weighted by Gasteiger charge is -2.12. The van der Waals surface area contributed by atoms with Crippen molar-refractivity contribution >= 4 is 35.0 Å². The maximum atomic E-state index is 11.7. The first-order chi connectivity index (χ1) is 14.5. The summed E-state index contributed by atoms with van der Waals surface area (Å²) in [5.41, 5.74) is 1.80. The van der Waals surface area contributed by atoms with Crippen molar-refractivity contribution in [3.05, 3.63) is 59.7 Å². The van der Waals surface area contributed by atoms with E-state index in [9.17, 15) is 9.59 Å². The van der Waals surface area contributed by atoms with Crippen LogP contribution in [-0.2, 0) is 16.2 Å². The van der Waals surface area contributed by atoms with Gasteiger partial charge in [-0.1, -0.05) is 42.1 Å². The van der Waals surface area contributed by atoms with E-state index in [1.165, 1.54) is 6.21 Å². The quantitative estimate of drug-likeness (QED) is 0.470. The molecule has 1 saturated heterocycles. The standard InChI is InChI=1S/C21H21N3O5S/c1-2-28-17-10-15(8-9-16(17)29-13-14-6-4-3-5-7-14)12-22-24-21-23-20(27)18(30-21)11-19(25)26/h3-10,12,18H,2,11,13H2,1H3,(H,25,26)(H,23,24,27)/b22-12-/t18-/m1/s1. The number of carboxylic acids is 1. The van der Waals surface area contributed by atoms with Crippen LogP contribution in [0.2, 0.25) is 0 Å². The molecule has 3 rings (SSSR count). The molecule has 2 N–H and O–H groups in total. The summed E-state index contributed by atoms with van der Waals surface area (Å²) >= 11 is 1.05. The molecule has 0 spiro atoms. The van der Waals surface area contributed by atoms with Crippen LogP contribution in [-0.4, -0.2) is 40.2 Å². The second kappa shape index (κ2) is 10.4. The number of benzene rings is 2. The molecule has 8 nitrogen and oxygen atoms in total. The first-order valence-electron chi connectivity index (χ1n) is 9.29. The Labute approximate surface area is 178 Å². The minimum Gasteiger partial charge on any atom is -0.490 e. The molecule has 2 aromatic carbocycles. The third kappa shape index (κ3) is 6.08. The van der Waals surface area contributed by atoms with Crippen molar-refractivity contribution in [2.45, 2.75) is 25.2 Å². The number of carbonyl (C=O) groups is 2. The molecule has 0 bridgehead atoms. The van der Waals surface area contributed by atoms with Crippen molar-refractivity contribution in [2.75, 3.05) is 6.61 Å². The fourth-order valence-corrected chi connectivity index (χ4v) is 3.54. The van der Waals surface area contributed by atoms with E-state index in [0.29, 0.717) is 24.7 Å². The molecule has 1 aliphatic rings. The number of rotatable bonds is 9. The zero-order valence-corrected chi connectivity index (χ0v) is 17.1. The van der Waals surface area contributed by atoms with Crippen LogP contribution in [0.15, 0.2) is 58.7 Å². The molecule has 1 atom stereocenters. The fraction of sp³-hybridized carbons (Fsp3) is 0.238. The zero-order chi connectivity index (χ0) is 21.3. The first kappa shape index (κ1) is 21.4. The predicted molar refractivity (Wildman–Crippen MR) is 115 cm³/mol. The number of carbonyl (C=O) groups excluding carboxylic acids is 1. The number of amidine groups is 1. The molecule has 0 radical (unpaired) electrons. The average Bonchev–Trinajstić information content (AvgIpc) is 3.07. The summed E-state index contributed by atoms with van der Waals surface area (Å²) in [5, 5.41) is 18.8. The first-order valence-corrected chi connectivity index (χ1v) is 10.2. The van der Waals surface area contributed by atoms with Crippen molar-refractivity contribution in [3.8, 4) is 11.5 Å². The highest BCUT2D eigenvalue weighted by molar-refractivity contribution is 8.15. The Hall–Kier alpha value is -3.33. The molecule has 1 amide bonds. The van der Waals surface area contributed by atoms with E-state index in [1.54, 1.807) is 12.1 Å². The van der Waals surface area contributed by atoms with Crippen LogP contribution < -0.4 is 14.8 Å². The van der Waals surface area contributed by atoms with Gasteiger partial charge in [0.2, 0.25) is 5.91 Å². The molecule has 1 aliphatic heterocycles. The van der Waals surface area contributed by atoms with Gasteiger partial charge < -0.3 is 19.9 Å². The normalized spacial score (nSPS) is 17.3. The van der Waals surface area contributed by atoms with Crippen LogP contribution in [0.3, 0.4) is 0 Å². The Bertz CT molecular complexity index is 962. The van der Waals surface area contributed by atoms with E-state index in [0.717, 1.165) is 22.9 Å². The van der Waals surface area contributed by atoms with E-state index in [-0.39, 0.29) is 17.5 Å². The van der Waals surface area contributed by atoms with Crippen LogP contribution in [0.1, 0.15) is 24.5 Å². The molecular weight excluding hydrogens is 406 g/mol. The summed E-state index contributed by atoms with van der Waals surface area (Å²) in [5.74, 6) is -0.199. The summed E-state index contributed by atoms with van der Waals surface area (Å²) in [6.07, 6.45) is 1.26. The Balaban J connectivity index is 1.65. The average molecular weight is 427 g/mol. The summed E-state index contributed by atoms with van der Waals surface area (Å²) < 4.78 is 11.5. The number of nitrogens with zero attached hydrogens (tertiary/aromatic N) is 2. The van der Waals surface area contributed by atoms with Gasteiger partial charge in [-0.2, -0.15) is 5.10 Å². The maximum absolute atomic E-state index is 11.7. The molecule has 0 saturated carbocycles. The number of hydrogen-bond donors (Lipinski definition) is 2. The number of nitrogens with one attached hydrogen (secondary N) is 1. The Kier molecular flexibility index (Phi) is 7.45. The summed E-state index contributed by atoms with van der Waals surface area (Å²) in [6.45, 7) is 2.80. The minimum absolute atomic E-state index is 0.263. The van der Waals surface area contributed by atoms with Gasteiger partial charge in [-0.25, -0.2) is 0 Å². The van der Waals surface area contributed by atoms with E-state index in [2.05, 4.69) is 15.5 Å². The molecule has 9 heteroatoms. The number of hydrogen-bond acceptors (Lipinski definition) is 7. The lowest BCUT2D eigenvalue weighted by atomic mass is 10.2. The molecule has 0 unspecified atom stereocenters. The molecule has 30 heavy (non-hydrogen) atoms. The van der Waals surface area contributed by atoms with Gasteiger partial charge in [0.25, 0.3) is 0 Å². The summed E-state index contributed by atoms with van der Waals surface area (Å²) in [7, 11) is 0. The molecule has 1 heterocycles. The minimum atomic E-state index is -1.04. The van der Waals surface area contributed by atoms with Gasteiger partial charge in [0.1, 0.15) is 11.9 Å². The SMILES string of the molecule is CCOc1cc(/C=N\N=C2\NC(=O)[C@@H](CC(=O)O)S2)ccc1OCc1ccccc1. The Morgan fingerprint density at radius 1 is 1.20 bits per heavy atom. The summed E-state index contributed by atoms with van der Waals surface area (Å²) in [4.78, 5) is 22.5. The van der Waals surface area contributed by atoms with Crippen LogP contribution in [0.5, 0.6) is 11.5 Å². The van der Waals surface area contributed by atoms with Crippen LogP contribution in [0.4, 0.5) is 0 Å². The van der Waals surface area contributed by atoms with Crippen molar-refractivity contribution < 1.29 is 24.2 Å². The smallest absolute Gasteiger partial charge is 0.305 e. The van der Waals surface area contributed by atoms with E-state index >= 15 is 0 Å². The van der Waals surface area contributed by atoms with Crippen LogP contribution in [0, 0.1) is 0 Å². The number of amides is 1.